The van der Waals surface area contributed by atoms with Gasteiger partial charge in [-0.3, -0.25) is 6.08 Å². The Morgan fingerprint density at radius 2 is 1.85 bits per heavy atom. The topological polar surface area (TPSA) is 0 Å². The summed E-state index contributed by atoms with van der Waals surface area (Å²) in [7, 11) is 0.0576. The van der Waals surface area contributed by atoms with E-state index in [1.807, 2.05) is 12.2 Å². The van der Waals surface area contributed by atoms with E-state index in [0.29, 0.717) is 0 Å². The van der Waals surface area contributed by atoms with Gasteiger partial charge in [0.15, 0.2) is 0 Å². The van der Waals surface area contributed by atoms with Crippen LogP contribution < -0.4 is 30.1 Å². The number of benzene rings is 1. The number of rotatable bonds is 1. The molecule has 20 heavy (non-hydrogen) atoms. The van der Waals surface area contributed by atoms with E-state index in [9.17, 15) is 0 Å². The fourth-order valence-corrected chi connectivity index (χ4v) is 2.53. The van der Waals surface area contributed by atoms with E-state index < -0.39 is 0 Å². The molecule has 0 bridgehead atoms. The summed E-state index contributed by atoms with van der Waals surface area (Å²) >= 11 is 0. The van der Waals surface area contributed by atoms with Gasteiger partial charge < -0.3 is 24.8 Å². The molecule has 0 atom stereocenters. The van der Waals surface area contributed by atoms with Gasteiger partial charge in [-0.15, -0.1) is 54.7 Å². The molecule has 2 aromatic carbocycles. The predicted octanol–water partition coefficient (Wildman–Crippen LogP) is -1.76. The zero-order chi connectivity index (χ0) is 12.1. The summed E-state index contributed by atoms with van der Waals surface area (Å²) in [4.78, 5) is 0. The standard InChI is InChI=1S/C11H12P.C5H5.2ClH.Ti/c1-12(2)11-7-9-5-3-4-6-10(9)8-11;1-2-4-5-3-1;;;/h3-8H,1-2H3;1-3H,4H2;2*1H;/q2*-1;;;+4/p-2. The molecule has 0 N–H and O–H groups in total. The van der Waals surface area contributed by atoms with E-state index in [2.05, 4.69) is 61.9 Å². The molecule has 2 aromatic rings. The van der Waals surface area contributed by atoms with Gasteiger partial charge in [-0.1, -0.05) is 6.07 Å². The molecular weight excluding hydrogens is 342 g/mol. The van der Waals surface area contributed by atoms with Crippen molar-refractivity contribution in [3.63, 3.8) is 0 Å². The molecule has 0 saturated heterocycles. The van der Waals surface area contributed by atoms with E-state index in [1.165, 1.54) is 16.1 Å². The van der Waals surface area contributed by atoms with Crippen molar-refractivity contribution in [2.75, 3.05) is 13.3 Å². The molecule has 0 fully saturated rings. The van der Waals surface area contributed by atoms with Gasteiger partial charge in [0.2, 0.25) is 0 Å². The van der Waals surface area contributed by atoms with Gasteiger partial charge in [0.25, 0.3) is 0 Å². The van der Waals surface area contributed by atoms with E-state index in [0.717, 1.165) is 6.42 Å². The summed E-state index contributed by atoms with van der Waals surface area (Å²) in [5.41, 5.74) is 0. The van der Waals surface area contributed by atoms with E-state index in [-0.39, 0.29) is 54.5 Å². The van der Waals surface area contributed by atoms with Crippen LogP contribution in [-0.2, 0) is 21.7 Å². The van der Waals surface area contributed by atoms with Crippen molar-refractivity contribution >= 4 is 24.0 Å². The fourth-order valence-electron chi connectivity index (χ4n) is 1.73. The minimum absolute atomic E-state index is 0. The third-order valence-corrected chi connectivity index (χ3v) is 4.00. The van der Waals surface area contributed by atoms with Gasteiger partial charge >= 0.3 is 21.7 Å². The van der Waals surface area contributed by atoms with Crippen molar-refractivity contribution in [1.29, 1.82) is 0 Å². The van der Waals surface area contributed by atoms with Crippen LogP contribution in [0, 0.1) is 6.08 Å². The third-order valence-electron chi connectivity index (χ3n) is 2.71. The summed E-state index contributed by atoms with van der Waals surface area (Å²) in [5.74, 6) is 0. The maximum Gasteiger partial charge on any atom is 4.00 e. The number of hydrogen-bond acceptors (Lipinski definition) is 0. The first-order valence-electron chi connectivity index (χ1n) is 5.82. The van der Waals surface area contributed by atoms with Gasteiger partial charge in [0.05, 0.1) is 0 Å². The number of allylic oxidation sites excluding steroid dienone is 4. The Morgan fingerprint density at radius 1 is 1.15 bits per heavy atom. The Bertz CT molecular complexity index is 501. The van der Waals surface area contributed by atoms with E-state index in [4.69, 9.17) is 0 Å². The third kappa shape index (κ3) is 6.66. The van der Waals surface area contributed by atoms with Gasteiger partial charge in [-0.05, 0) is 13.3 Å². The van der Waals surface area contributed by atoms with Crippen LogP contribution in [0.2, 0.25) is 0 Å². The van der Waals surface area contributed by atoms with Crippen LogP contribution in [-0.4, -0.2) is 13.3 Å². The summed E-state index contributed by atoms with van der Waals surface area (Å²) in [6, 6.07) is 13.2. The molecule has 0 nitrogen and oxygen atoms in total. The molecule has 1 aliphatic rings. The molecule has 0 aliphatic heterocycles. The van der Waals surface area contributed by atoms with Crippen molar-refractivity contribution in [3.05, 3.63) is 60.7 Å². The molecule has 0 unspecified atom stereocenters. The van der Waals surface area contributed by atoms with Crippen LogP contribution in [0.25, 0.3) is 10.8 Å². The zero-order valence-corrected chi connectivity index (χ0v) is 15.6. The van der Waals surface area contributed by atoms with Crippen LogP contribution in [0.15, 0.2) is 54.6 Å². The van der Waals surface area contributed by atoms with Gasteiger partial charge in [0.1, 0.15) is 0 Å². The molecule has 0 amide bonds. The molecular formula is C16H17Cl2PTi. The van der Waals surface area contributed by atoms with Crippen LogP contribution in [0.3, 0.4) is 0 Å². The van der Waals surface area contributed by atoms with Crippen LogP contribution in [0.5, 0.6) is 0 Å². The molecule has 1 aliphatic carbocycles. The van der Waals surface area contributed by atoms with Crippen molar-refractivity contribution in [2.24, 2.45) is 0 Å². The minimum Gasteiger partial charge on any atom is -1.00 e. The van der Waals surface area contributed by atoms with Crippen molar-refractivity contribution < 1.29 is 46.5 Å². The molecule has 104 valence electrons. The summed E-state index contributed by atoms with van der Waals surface area (Å²) in [6.07, 6.45) is 10.0. The first-order valence-corrected chi connectivity index (χ1v) is 8.05. The molecule has 3 rings (SSSR count). The first-order chi connectivity index (χ1) is 8.27. The van der Waals surface area contributed by atoms with Crippen LogP contribution in [0.1, 0.15) is 6.42 Å². The second-order valence-electron chi connectivity index (χ2n) is 4.24. The number of hydrogen-bond donors (Lipinski definition) is 0. The summed E-state index contributed by atoms with van der Waals surface area (Å²) in [6.45, 7) is 4.59. The minimum atomic E-state index is 0. The number of fused-ring (bicyclic) bond motifs is 1. The van der Waals surface area contributed by atoms with Crippen molar-refractivity contribution in [1.82, 2.24) is 0 Å². The Balaban J connectivity index is 0. The van der Waals surface area contributed by atoms with E-state index in [1.54, 1.807) is 0 Å². The summed E-state index contributed by atoms with van der Waals surface area (Å²) in [5, 5.41) is 4.26. The summed E-state index contributed by atoms with van der Waals surface area (Å²) < 4.78 is 0. The molecule has 4 heteroatoms. The molecule has 0 heterocycles. The maximum absolute atomic E-state index is 2.99. The Labute approximate surface area is 150 Å². The second-order valence-corrected chi connectivity index (χ2v) is 6.55. The first kappa shape index (κ1) is 22.3. The molecule has 0 aromatic heterocycles. The van der Waals surface area contributed by atoms with Crippen LogP contribution in [0.4, 0.5) is 0 Å². The smallest absolute Gasteiger partial charge is 1.00 e. The Hall–Kier alpha value is 0.0343. The average Bonchev–Trinajstić information content (AvgIpc) is 3.01. The van der Waals surface area contributed by atoms with Crippen LogP contribution >= 0.6 is 7.92 Å². The second kappa shape index (κ2) is 11.7. The Kier molecular flexibility index (Phi) is 13.0. The number of halogens is 2. The normalized spacial score (nSPS) is 11.2. The Morgan fingerprint density at radius 3 is 2.30 bits per heavy atom. The SMILES string of the molecule is CP(C)c1cc2ccccc2[cH-]1.[C-]1=CC=CC1.[Cl-].[Cl-].[Ti+4]. The largest absolute Gasteiger partial charge is 4.00 e. The monoisotopic (exact) mass is 358 g/mol. The molecule has 0 saturated carbocycles. The maximum atomic E-state index is 2.99. The van der Waals surface area contributed by atoms with Crippen molar-refractivity contribution in [3.8, 4) is 0 Å². The van der Waals surface area contributed by atoms with Gasteiger partial charge in [-0.25, -0.2) is 12.2 Å². The predicted molar refractivity (Wildman–Crippen MR) is 79.5 cm³/mol. The zero-order valence-electron chi connectivity index (χ0n) is 11.6. The van der Waals surface area contributed by atoms with Crippen molar-refractivity contribution in [2.45, 2.75) is 6.42 Å². The molecule has 0 radical (unpaired) electrons. The quantitative estimate of drug-likeness (QED) is 0.322. The fraction of sp³-hybridized carbons (Fsp3) is 0.188. The van der Waals surface area contributed by atoms with Gasteiger partial charge in [-0.2, -0.15) is 12.1 Å². The van der Waals surface area contributed by atoms with Gasteiger partial charge in [0, 0.05) is 0 Å². The molecule has 0 spiro atoms. The van der Waals surface area contributed by atoms with E-state index >= 15 is 0 Å². The average molecular weight is 359 g/mol.